The second kappa shape index (κ2) is 14.0. The molecule has 0 radical (unpaired) electrons. The third-order valence-corrected chi connectivity index (χ3v) is 8.92. The van der Waals surface area contributed by atoms with Gasteiger partial charge in [-0.1, -0.05) is 66.6 Å². The minimum absolute atomic E-state index is 0.0613. The number of anilines is 1. The molecule has 0 aliphatic rings. The van der Waals surface area contributed by atoms with Gasteiger partial charge in [0.25, 0.3) is 10.0 Å². The van der Waals surface area contributed by atoms with Crippen molar-refractivity contribution in [1.29, 1.82) is 0 Å². The van der Waals surface area contributed by atoms with Crippen LogP contribution in [0.5, 0.6) is 0 Å². The third-order valence-electron chi connectivity index (χ3n) is 6.80. The molecule has 0 heterocycles. The number of hydrogen-bond acceptors (Lipinski definition) is 4. The molecule has 12 heteroatoms. The average molecular weight is 652 g/mol. The summed E-state index contributed by atoms with van der Waals surface area (Å²) in [4.78, 5) is 28.5. The monoisotopic (exact) mass is 651 g/mol. The Labute approximate surface area is 262 Å². The smallest absolute Gasteiger partial charge is 0.350 e. The van der Waals surface area contributed by atoms with Crippen LogP contribution in [-0.4, -0.2) is 49.8 Å². The number of alkyl halides is 3. The zero-order valence-corrected chi connectivity index (χ0v) is 26.9. The maximum atomic E-state index is 14.1. The van der Waals surface area contributed by atoms with Gasteiger partial charge < -0.3 is 10.2 Å². The molecule has 7 nitrogen and oxygen atoms in total. The molecule has 0 saturated heterocycles. The summed E-state index contributed by atoms with van der Waals surface area (Å²) in [5.74, 6) is -1.18. The first-order valence-electron chi connectivity index (χ1n) is 14.1. The molecular formula is C32H37ClF3N3O4S. The minimum Gasteiger partial charge on any atom is -0.350 e. The highest BCUT2D eigenvalue weighted by molar-refractivity contribution is 7.92. The predicted octanol–water partition coefficient (Wildman–Crippen LogP) is 6.63. The van der Waals surface area contributed by atoms with Crippen LogP contribution in [0.25, 0.3) is 0 Å². The van der Waals surface area contributed by atoms with Crippen molar-refractivity contribution < 1.29 is 31.2 Å². The summed E-state index contributed by atoms with van der Waals surface area (Å²) in [6, 6.07) is 16.7. The van der Waals surface area contributed by atoms with E-state index in [2.05, 4.69) is 5.32 Å². The number of aryl methyl sites for hydroxylation is 1. The summed E-state index contributed by atoms with van der Waals surface area (Å²) in [5.41, 5.74) is -0.610. The van der Waals surface area contributed by atoms with Gasteiger partial charge in [-0.25, -0.2) is 8.42 Å². The number of sulfonamides is 1. The van der Waals surface area contributed by atoms with E-state index in [9.17, 15) is 31.2 Å². The first kappa shape index (κ1) is 34.9. The Morgan fingerprint density at radius 2 is 1.57 bits per heavy atom. The first-order chi connectivity index (χ1) is 20.4. The summed E-state index contributed by atoms with van der Waals surface area (Å²) in [6.45, 7) is 8.07. The van der Waals surface area contributed by atoms with Crippen molar-refractivity contribution in [2.75, 3.05) is 17.4 Å². The fourth-order valence-electron chi connectivity index (χ4n) is 4.60. The number of carbonyl (C=O) groups is 2. The van der Waals surface area contributed by atoms with E-state index in [4.69, 9.17) is 11.6 Å². The van der Waals surface area contributed by atoms with Crippen LogP contribution in [0.15, 0.2) is 77.7 Å². The number of halogens is 4. The minimum atomic E-state index is -4.88. The summed E-state index contributed by atoms with van der Waals surface area (Å²) in [6.07, 6.45) is -4.31. The lowest BCUT2D eigenvalue weighted by molar-refractivity contribution is -0.140. The van der Waals surface area contributed by atoms with Gasteiger partial charge in [0.1, 0.15) is 12.6 Å². The molecule has 0 aromatic heterocycles. The molecule has 0 aliphatic carbocycles. The van der Waals surface area contributed by atoms with Crippen LogP contribution >= 0.6 is 11.6 Å². The number of nitrogens with zero attached hydrogens (tertiary/aromatic N) is 2. The molecular weight excluding hydrogens is 615 g/mol. The Balaban J connectivity index is 2.11. The Bertz CT molecular complexity index is 1560. The van der Waals surface area contributed by atoms with E-state index in [-0.39, 0.29) is 17.9 Å². The van der Waals surface area contributed by atoms with Crippen LogP contribution in [0.2, 0.25) is 5.02 Å². The highest BCUT2D eigenvalue weighted by atomic mass is 35.5. The van der Waals surface area contributed by atoms with Crippen LogP contribution in [0.1, 0.15) is 50.8 Å². The largest absolute Gasteiger partial charge is 0.417 e. The number of hydrogen-bond donors (Lipinski definition) is 1. The van der Waals surface area contributed by atoms with Crippen molar-refractivity contribution in [2.45, 2.75) is 70.1 Å². The Morgan fingerprint density at radius 3 is 2.11 bits per heavy atom. The summed E-state index contributed by atoms with van der Waals surface area (Å²) >= 11 is 5.83. The van der Waals surface area contributed by atoms with Gasteiger partial charge in [0.15, 0.2) is 0 Å². The van der Waals surface area contributed by atoms with Crippen LogP contribution in [0.3, 0.4) is 0 Å². The molecule has 1 N–H and O–H groups in total. The van der Waals surface area contributed by atoms with Gasteiger partial charge >= 0.3 is 6.18 Å². The quantitative estimate of drug-likeness (QED) is 0.252. The molecule has 238 valence electrons. The van der Waals surface area contributed by atoms with Crippen LogP contribution in [0, 0.1) is 6.92 Å². The normalized spacial score (nSPS) is 12.8. The van der Waals surface area contributed by atoms with Gasteiger partial charge in [0.2, 0.25) is 11.8 Å². The fraction of sp³-hybridized carbons (Fsp3) is 0.375. The second-order valence-electron chi connectivity index (χ2n) is 11.5. The second-order valence-corrected chi connectivity index (χ2v) is 13.7. The lowest BCUT2D eigenvalue weighted by Crippen LogP contribution is -2.56. The number of rotatable bonds is 11. The predicted molar refractivity (Wildman–Crippen MR) is 166 cm³/mol. The highest BCUT2D eigenvalue weighted by Gasteiger charge is 2.37. The third kappa shape index (κ3) is 8.98. The molecule has 0 spiro atoms. The zero-order valence-electron chi connectivity index (χ0n) is 25.3. The van der Waals surface area contributed by atoms with Crippen LogP contribution in [0.4, 0.5) is 18.9 Å². The van der Waals surface area contributed by atoms with E-state index in [1.807, 2.05) is 30.3 Å². The van der Waals surface area contributed by atoms with Crippen LogP contribution in [-0.2, 0) is 32.2 Å². The first-order valence-corrected chi connectivity index (χ1v) is 15.9. The maximum Gasteiger partial charge on any atom is 0.417 e. The number of carbonyl (C=O) groups excluding carboxylic acids is 2. The molecule has 0 bridgehead atoms. The van der Waals surface area contributed by atoms with E-state index < -0.39 is 62.4 Å². The summed E-state index contributed by atoms with van der Waals surface area (Å²) in [5, 5.41) is 2.26. The van der Waals surface area contributed by atoms with Gasteiger partial charge in [0.05, 0.1) is 21.2 Å². The van der Waals surface area contributed by atoms with Crippen molar-refractivity contribution in [2.24, 2.45) is 0 Å². The molecule has 44 heavy (non-hydrogen) atoms. The lowest BCUT2D eigenvalue weighted by Gasteiger charge is -2.35. The lowest BCUT2D eigenvalue weighted by atomic mass is 10.1. The van der Waals surface area contributed by atoms with Crippen molar-refractivity contribution in [3.8, 4) is 0 Å². The van der Waals surface area contributed by atoms with E-state index >= 15 is 0 Å². The molecule has 1 unspecified atom stereocenters. The molecule has 1 atom stereocenters. The summed E-state index contributed by atoms with van der Waals surface area (Å²) < 4.78 is 70.0. The fourth-order valence-corrected chi connectivity index (χ4v) is 6.23. The van der Waals surface area contributed by atoms with Gasteiger partial charge in [-0.05, 0) is 76.4 Å². The molecule has 0 fully saturated rings. The molecule has 2 amide bonds. The zero-order chi connectivity index (χ0) is 32.9. The van der Waals surface area contributed by atoms with E-state index in [1.54, 1.807) is 46.8 Å². The topological polar surface area (TPSA) is 86.8 Å². The Morgan fingerprint density at radius 1 is 0.955 bits per heavy atom. The van der Waals surface area contributed by atoms with Gasteiger partial charge in [0, 0.05) is 12.1 Å². The average Bonchev–Trinajstić information content (AvgIpc) is 2.93. The van der Waals surface area contributed by atoms with E-state index in [1.165, 1.54) is 17.0 Å². The van der Waals surface area contributed by atoms with Gasteiger partial charge in [-0.3, -0.25) is 13.9 Å². The summed E-state index contributed by atoms with van der Waals surface area (Å²) in [7, 11) is -4.55. The van der Waals surface area contributed by atoms with Crippen LogP contribution < -0.4 is 9.62 Å². The SMILES string of the molecule is CCC(C(=O)NC(C)(C)C)N(CCc1ccccc1)C(=O)CN(c1ccc(Cl)c(C(F)(F)F)c1)S(=O)(=O)c1ccc(C)cc1. The highest BCUT2D eigenvalue weighted by Crippen LogP contribution is 2.38. The van der Waals surface area contributed by atoms with E-state index in [0.29, 0.717) is 16.8 Å². The number of benzene rings is 3. The molecule has 0 aliphatic heterocycles. The molecule has 3 aromatic rings. The number of nitrogens with one attached hydrogen (secondary N) is 1. The van der Waals surface area contributed by atoms with Crippen molar-refractivity contribution in [3.05, 3.63) is 94.5 Å². The standard InChI is InChI=1S/C32H37ClF3N3O4S/c1-6-28(30(41)37-31(3,4)5)38(19-18-23-10-8-7-9-11-23)29(40)21-39(44(42,43)25-15-12-22(2)13-16-25)24-14-17-27(33)26(20-24)32(34,35)36/h7-17,20,28H,6,18-19,21H2,1-5H3,(H,37,41). The van der Waals surface area contributed by atoms with Crippen molar-refractivity contribution >= 4 is 39.1 Å². The number of amides is 2. The van der Waals surface area contributed by atoms with Gasteiger partial charge in [-0.2, -0.15) is 13.2 Å². The Kier molecular flexibility index (Phi) is 11.1. The molecule has 0 saturated carbocycles. The van der Waals surface area contributed by atoms with Gasteiger partial charge in [-0.15, -0.1) is 0 Å². The van der Waals surface area contributed by atoms with Crippen molar-refractivity contribution in [1.82, 2.24) is 10.2 Å². The Hall–Kier alpha value is -3.57. The maximum absolute atomic E-state index is 14.1. The van der Waals surface area contributed by atoms with Crippen molar-refractivity contribution in [3.63, 3.8) is 0 Å². The molecule has 3 rings (SSSR count). The van der Waals surface area contributed by atoms with E-state index in [0.717, 1.165) is 23.3 Å². The molecule has 3 aromatic carbocycles.